The number of nitrogen functional groups attached to an aromatic ring is 1. The number of fused-ring (bicyclic) bond motifs is 1. The molecule has 0 fully saturated rings. The summed E-state index contributed by atoms with van der Waals surface area (Å²) in [5.41, 5.74) is 7.60. The molecule has 0 amide bonds. The summed E-state index contributed by atoms with van der Waals surface area (Å²) in [6.45, 7) is 2.13. The predicted molar refractivity (Wildman–Crippen MR) is 61.8 cm³/mol. The molecule has 80 valence electrons. The molecule has 4 nitrogen and oxygen atoms in total. The molecule has 0 aliphatic heterocycles. The highest BCUT2D eigenvalue weighted by Gasteiger charge is 2.07. The second-order valence-electron chi connectivity index (χ2n) is 3.83. The molecule has 0 aliphatic rings. The summed E-state index contributed by atoms with van der Waals surface area (Å²) >= 11 is 0. The third kappa shape index (κ3) is 1.94. The van der Waals surface area contributed by atoms with Crippen LogP contribution in [0.5, 0.6) is 0 Å². The average Bonchev–Trinajstić information content (AvgIpc) is 2.61. The number of anilines is 1. The highest BCUT2D eigenvalue weighted by atomic mass is 15.0. The van der Waals surface area contributed by atoms with Gasteiger partial charge in [0.1, 0.15) is 5.82 Å². The monoisotopic (exact) mass is 204 g/mol. The number of hydrogen-bond donors (Lipinski definition) is 2. The van der Waals surface area contributed by atoms with Gasteiger partial charge in [-0.1, -0.05) is 0 Å². The van der Waals surface area contributed by atoms with Crippen molar-refractivity contribution in [2.45, 2.75) is 19.4 Å². The van der Waals surface area contributed by atoms with Crippen LogP contribution in [0.2, 0.25) is 0 Å². The van der Waals surface area contributed by atoms with Crippen molar-refractivity contribution in [2.24, 2.45) is 0 Å². The Balaban J connectivity index is 2.39. The molecule has 2 aromatic heterocycles. The predicted octanol–water partition coefficient (Wildman–Crippen LogP) is 1.07. The molecule has 3 N–H and O–H groups in total. The van der Waals surface area contributed by atoms with Crippen LogP contribution >= 0.6 is 0 Å². The van der Waals surface area contributed by atoms with Gasteiger partial charge >= 0.3 is 0 Å². The van der Waals surface area contributed by atoms with E-state index in [0.29, 0.717) is 6.04 Å². The Labute approximate surface area is 89.1 Å². The fourth-order valence-electron chi connectivity index (χ4n) is 1.59. The molecule has 4 heteroatoms. The molecule has 0 saturated carbocycles. The Morgan fingerprint density at radius 2 is 2.33 bits per heavy atom. The van der Waals surface area contributed by atoms with Crippen LogP contribution in [0.3, 0.4) is 0 Å². The van der Waals surface area contributed by atoms with Crippen LogP contribution < -0.4 is 11.1 Å². The van der Waals surface area contributed by atoms with Gasteiger partial charge in [-0.05, 0) is 26.1 Å². The van der Waals surface area contributed by atoms with Crippen LogP contribution in [-0.2, 0) is 6.42 Å². The van der Waals surface area contributed by atoms with E-state index in [-0.39, 0.29) is 0 Å². The number of likely N-dealkylation sites (N-methyl/N-ethyl adjacent to an activating group) is 1. The van der Waals surface area contributed by atoms with E-state index in [9.17, 15) is 0 Å². The zero-order chi connectivity index (χ0) is 10.8. The maximum atomic E-state index is 5.75. The van der Waals surface area contributed by atoms with E-state index in [1.807, 2.05) is 36.0 Å². The first-order valence-corrected chi connectivity index (χ1v) is 5.09. The Morgan fingerprint density at radius 3 is 3.07 bits per heavy atom. The smallest absolute Gasteiger partial charge is 0.114 e. The minimum atomic E-state index is 0.414. The number of pyridine rings is 1. The summed E-state index contributed by atoms with van der Waals surface area (Å²) < 4.78 is 2.04. The van der Waals surface area contributed by atoms with Gasteiger partial charge in [0.05, 0.1) is 11.7 Å². The number of aromatic nitrogens is 2. The van der Waals surface area contributed by atoms with Gasteiger partial charge < -0.3 is 15.5 Å². The number of nitrogens with zero attached hydrogens (tertiary/aromatic N) is 2. The van der Waals surface area contributed by atoms with E-state index in [1.54, 1.807) is 0 Å². The van der Waals surface area contributed by atoms with Crippen LogP contribution in [0.1, 0.15) is 12.7 Å². The van der Waals surface area contributed by atoms with E-state index in [2.05, 4.69) is 17.2 Å². The van der Waals surface area contributed by atoms with E-state index < -0.39 is 0 Å². The van der Waals surface area contributed by atoms with E-state index in [4.69, 9.17) is 5.73 Å². The van der Waals surface area contributed by atoms with Crippen molar-refractivity contribution in [1.82, 2.24) is 14.7 Å². The molecule has 0 spiro atoms. The minimum absolute atomic E-state index is 0.414. The molecule has 0 aromatic carbocycles. The van der Waals surface area contributed by atoms with Gasteiger partial charge in [0.2, 0.25) is 0 Å². The summed E-state index contributed by atoms with van der Waals surface area (Å²) in [5.74, 6) is 1.04. The molecule has 1 unspecified atom stereocenters. The summed E-state index contributed by atoms with van der Waals surface area (Å²) in [7, 11) is 1.95. The van der Waals surface area contributed by atoms with Gasteiger partial charge in [-0.2, -0.15) is 0 Å². The number of rotatable bonds is 3. The average molecular weight is 204 g/mol. The Bertz CT molecular complexity index is 461. The lowest BCUT2D eigenvalue weighted by Gasteiger charge is -2.09. The van der Waals surface area contributed by atoms with E-state index >= 15 is 0 Å². The Hall–Kier alpha value is -1.55. The molecule has 0 saturated heterocycles. The fourth-order valence-corrected chi connectivity index (χ4v) is 1.59. The lowest BCUT2D eigenvalue weighted by atomic mass is 10.2. The SMILES string of the molecule is CNC(C)Cc1ncc2ccc(N)cn12. The molecular weight excluding hydrogens is 188 g/mol. The van der Waals surface area contributed by atoms with Gasteiger partial charge in [-0.3, -0.25) is 0 Å². The Kier molecular flexibility index (Phi) is 2.60. The molecule has 2 rings (SSSR count). The van der Waals surface area contributed by atoms with Crippen molar-refractivity contribution in [3.05, 3.63) is 30.4 Å². The van der Waals surface area contributed by atoms with Crippen LogP contribution in [0, 0.1) is 0 Å². The van der Waals surface area contributed by atoms with Gasteiger partial charge in [-0.15, -0.1) is 0 Å². The second-order valence-corrected chi connectivity index (χ2v) is 3.83. The van der Waals surface area contributed by atoms with Crippen molar-refractivity contribution in [1.29, 1.82) is 0 Å². The van der Waals surface area contributed by atoms with Crippen LogP contribution in [-0.4, -0.2) is 22.5 Å². The van der Waals surface area contributed by atoms with E-state index in [0.717, 1.165) is 23.4 Å². The van der Waals surface area contributed by atoms with Gasteiger partial charge in [0.25, 0.3) is 0 Å². The lowest BCUT2D eigenvalue weighted by Crippen LogP contribution is -2.24. The molecule has 2 heterocycles. The summed E-state index contributed by atoms with van der Waals surface area (Å²) in [6, 6.07) is 4.29. The summed E-state index contributed by atoms with van der Waals surface area (Å²) in [5, 5.41) is 3.20. The summed E-state index contributed by atoms with van der Waals surface area (Å²) in [6.07, 6.45) is 4.69. The molecule has 0 bridgehead atoms. The molecule has 0 aliphatic carbocycles. The number of imidazole rings is 1. The highest BCUT2D eigenvalue weighted by molar-refractivity contribution is 5.52. The van der Waals surface area contributed by atoms with Crippen LogP contribution in [0.4, 0.5) is 5.69 Å². The van der Waals surface area contributed by atoms with Gasteiger partial charge in [-0.25, -0.2) is 4.98 Å². The van der Waals surface area contributed by atoms with Crippen molar-refractivity contribution >= 4 is 11.2 Å². The lowest BCUT2D eigenvalue weighted by molar-refractivity contribution is 0.590. The molecule has 0 radical (unpaired) electrons. The quantitative estimate of drug-likeness (QED) is 0.786. The van der Waals surface area contributed by atoms with E-state index in [1.165, 1.54) is 0 Å². The third-order valence-electron chi connectivity index (χ3n) is 2.61. The van der Waals surface area contributed by atoms with Gasteiger partial charge in [0, 0.05) is 24.3 Å². The van der Waals surface area contributed by atoms with Gasteiger partial charge in [0.15, 0.2) is 0 Å². The molecule has 2 aromatic rings. The largest absolute Gasteiger partial charge is 0.398 e. The first kappa shape index (κ1) is 9.98. The zero-order valence-corrected chi connectivity index (χ0v) is 9.07. The standard InChI is InChI=1S/C11H16N4/c1-8(13-2)5-11-14-6-10-4-3-9(12)7-15(10)11/h3-4,6-8,13H,5,12H2,1-2H3. The second kappa shape index (κ2) is 3.90. The zero-order valence-electron chi connectivity index (χ0n) is 9.07. The van der Waals surface area contributed by atoms with Crippen molar-refractivity contribution in [3.8, 4) is 0 Å². The van der Waals surface area contributed by atoms with Crippen molar-refractivity contribution < 1.29 is 0 Å². The molecule has 1 atom stereocenters. The Morgan fingerprint density at radius 1 is 1.53 bits per heavy atom. The fraction of sp³-hybridized carbons (Fsp3) is 0.364. The third-order valence-corrected chi connectivity index (χ3v) is 2.61. The number of nitrogens with two attached hydrogens (primary N) is 1. The minimum Gasteiger partial charge on any atom is -0.398 e. The first-order valence-electron chi connectivity index (χ1n) is 5.09. The highest BCUT2D eigenvalue weighted by Crippen LogP contribution is 2.11. The summed E-state index contributed by atoms with van der Waals surface area (Å²) in [4.78, 5) is 4.39. The maximum absolute atomic E-state index is 5.75. The number of nitrogens with one attached hydrogen (secondary N) is 1. The van der Waals surface area contributed by atoms with Crippen LogP contribution in [0.15, 0.2) is 24.5 Å². The van der Waals surface area contributed by atoms with Crippen molar-refractivity contribution in [3.63, 3.8) is 0 Å². The molecular formula is C11H16N4. The molecule has 15 heavy (non-hydrogen) atoms. The first-order chi connectivity index (χ1) is 7.20. The number of hydrogen-bond acceptors (Lipinski definition) is 3. The maximum Gasteiger partial charge on any atom is 0.114 e. The normalized spacial score (nSPS) is 13.2. The van der Waals surface area contributed by atoms with Crippen LogP contribution in [0.25, 0.3) is 5.52 Å². The van der Waals surface area contributed by atoms with Crippen molar-refractivity contribution in [2.75, 3.05) is 12.8 Å². The topological polar surface area (TPSA) is 55.3 Å².